The van der Waals surface area contributed by atoms with Crippen molar-refractivity contribution in [2.45, 2.75) is 45.6 Å². The Hall–Kier alpha value is -0.880. The van der Waals surface area contributed by atoms with Gasteiger partial charge in [0.1, 0.15) is 10.6 Å². The highest BCUT2D eigenvalue weighted by molar-refractivity contribution is 7.89. The number of sulfonamides is 1. The first-order chi connectivity index (χ1) is 7.25. The molecule has 6 heteroatoms. The summed E-state index contributed by atoms with van der Waals surface area (Å²) < 4.78 is 31.5. The average Bonchev–Trinajstić information content (AvgIpc) is 2.45. The monoisotopic (exact) mass is 246 g/mol. The summed E-state index contributed by atoms with van der Waals surface area (Å²) in [5.74, 6) is 0.552. The molecule has 1 aromatic heterocycles. The van der Waals surface area contributed by atoms with Crippen molar-refractivity contribution in [1.29, 1.82) is 0 Å². The molecule has 0 unspecified atom stereocenters. The minimum atomic E-state index is -3.53. The molecule has 16 heavy (non-hydrogen) atoms. The van der Waals surface area contributed by atoms with Gasteiger partial charge in [0, 0.05) is 6.04 Å². The molecule has 1 aromatic rings. The van der Waals surface area contributed by atoms with Gasteiger partial charge in [-0.2, -0.15) is 0 Å². The molecule has 5 nitrogen and oxygen atoms in total. The molecule has 0 spiro atoms. The first-order valence-electron chi connectivity index (χ1n) is 5.21. The Bertz CT molecular complexity index is 443. The number of aryl methyl sites for hydroxylation is 2. The Morgan fingerprint density at radius 3 is 2.19 bits per heavy atom. The SMILES string of the molecule is Cc1noc(C)c1S(=O)(=O)N[C@H](C)C(C)C. The van der Waals surface area contributed by atoms with Crippen LogP contribution in [0.25, 0.3) is 0 Å². The zero-order chi connectivity index (χ0) is 12.5. The molecule has 0 aliphatic rings. The van der Waals surface area contributed by atoms with Crippen LogP contribution in [0.1, 0.15) is 32.2 Å². The predicted molar refractivity (Wildman–Crippen MR) is 60.6 cm³/mol. The predicted octanol–water partition coefficient (Wildman–Crippen LogP) is 1.61. The van der Waals surface area contributed by atoms with Crippen LogP contribution in [0.3, 0.4) is 0 Å². The third-order valence-electron chi connectivity index (χ3n) is 2.58. The molecule has 0 saturated heterocycles. The van der Waals surface area contributed by atoms with Crippen molar-refractivity contribution in [2.24, 2.45) is 5.92 Å². The largest absolute Gasteiger partial charge is 0.360 e. The summed E-state index contributed by atoms with van der Waals surface area (Å²) in [6, 6.07) is -0.126. The molecule has 0 aromatic carbocycles. The number of aromatic nitrogens is 1. The zero-order valence-electron chi connectivity index (χ0n) is 10.2. The van der Waals surface area contributed by atoms with Gasteiger partial charge in [0.2, 0.25) is 10.0 Å². The van der Waals surface area contributed by atoms with Crippen LogP contribution < -0.4 is 4.72 Å². The normalized spacial score (nSPS) is 14.4. The summed E-state index contributed by atoms with van der Waals surface area (Å²) >= 11 is 0. The first kappa shape index (κ1) is 13.2. The van der Waals surface area contributed by atoms with Crippen LogP contribution in [-0.2, 0) is 10.0 Å². The van der Waals surface area contributed by atoms with Crippen LogP contribution in [0.5, 0.6) is 0 Å². The summed E-state index contributed by atoms with van der Waals surface area (Å²) in [7, 11) is -3.53. The van der Waals surface area contributed by atoms with Crippen LogP contribution in [0.2, 0.25) is 0 Å². The topological polar surface area (TPSA) is 72.2 Å². The van der Waals surface area contributed by atoms with Crippen LogP contribution in [0, 0.1) is 19.8 Å². The van der Waals surface area contributed by atoms with Gasteiger partial charge in [0.15, 0.2) is 5.76 Å². The van der Waals surface area contributed by atoms with E-state index in [1.54, 1.807) is 13.8 Å². The van der Waals surface area contributed by atoms with E-state index in [4.69, 9.17) is 4.52 Å². The van der Waals surface area contributed by atoms with Crippen molar-refractivity contribution in [3.63, 3.8) is 0 Å². The van der Waals surface area contributed by atoms with E-state index < -0.39 is 10.0 Å². The minimum Gasteiger partial charge on any atom is -0.360 e. The fraction of sp³-hybridized carbons (Fsp3) is 0.700. The van der Waals surface area contributed by atoms with Crippen molar-refractivity contribution >= 4 is 10.0 Å². The van der Waals surface area contributed by atoms with E-state index in [1.807, 2.05) is 20.8 Å². The molecular formula is C10H18N2O3S. The number of rotatable bonds is 4. The standard InChI is InChI=1S/C10H18N2O3S/c1-6(2)7(3)12-16(13,14)10-8(4)11-15-9(10)5/h6-7,12H,1-5H3/t7-/m1/s1. The lowest BCUT2D eigenvalue weighted by Gasteiger charge is -2.17. The second kappa shape index (κ2) is 4.55. The van der Waals surface area contributed by atoms with Crippen LogP contribution in [0.4, 0.5) is 0 Å². The van der Waals surface area contributed by atoms with Gasteiger partial charge in [0.25, 0.3) is 0 Å². The van der Waals surface area contributed by atoms with Gasteiger partial charge in [-0.1, -0.05) is 19.0 Å². The van der Waals surface area contributed by atoms with Crippen LogP contribution in [0.15, 0.2) is 9.42 Å². The van der Waals surface area contributed by atoms with E-state index in [0.717, 1.165) is 0 Å². The third-order valence-corrected chi connectivity index (χ3v) is 4.38. The number of hydrogen-bond acceptors (Lipinski definition) is 4. The fourth-order valence-corrected chi connectivity index (χ4v) is 3.02. The zero-order valence-corrected chi connectivity index (χ0v) is 11.1. The van der Waals surface area contributed by atoms with Crippen LogP contribution in [-0.4, -0.2) is 19.6 Å². The van der Waals surface area contributed by atoms with E-state index in [0.29, 0.717) is 11.5 Å². The van der Waals surface area contributed by atoms with E-state index in [-0.39, 0.29) is 16.9 Å². The van der Waals surface area contributed by atoms with Gasteiger partial charge >= 0.3 is 0 Å². The first-order valence-corrected chi connectivity index (χ1v) is 6.69. The third kappa shape index (κ3) is 2.62. The molecule has 0 radical (unpaired) electrons. The molecule has 92 valence electrons. The van der Waals surface area contributed by atoms with Gasteiger partial charge in [-0.15, -0.1) is 0 Å². The van der Waals surface area contributed by atoms with E-state index >= 15 is 0 Å². The van der Waals surface area contributed by atoms with Gasteiger partial charge in [-0.3, -0.25) is 0 Å². The Balaban J connectivity index is 3.04. The van der Waals surface area contributed by atoms with Gasteiger partial charge in [-0.25, -0.2) is 13.1 Å². The Kier molecular flexibility index (Phi) is 3.75. The Labute approximate surface area is 96.3 Å². The maximum atomic E-state index is 12.0. The highest BCUT2D eigenvalue weighted by Crippen LogP contribution is 2.19. The lowest BCUT2D eigenvalue weighted by atomic mass is 10.1. The molecule has 0 saturated carbocycles. The maximum Gasteiger partial charge on any atom is 0.246 e. The number of hydrogen-bond donors (Lipinski definition) is 1. The highest BCUT2D eigenvalue weighted by atomic mass is 32.2. The lowest BCUT2D eigenvalue weighted by molar-refractivity contribution is 0.390. The molecule has 0 aliphatic carbocycles. The van der Waals surface area contributed by atoms with E-state index in [1.165, 1.54) is 0 Å². The molecule has 0 fully saturated rings. The smallest absolute Gasteiger partial charge is 0.246 e. The van der Waals surface area contributed by atoms with Crippen molar-refractivity contribution in [3.8, 4) is 0 Å². The van der Waals surface area contributed by atoms with Gasteiger partial charge in [0.05, 0.1) is 0 Å². The second-order valence-electron chi connectivity index (χ2n) is 4.31. The molecule has 1 atom stereocenters. The van der Waals surface area contributed by atoms with Crippen molar-refractivity contribution in [1.82, 2.24) is 9.88 Å². The van der Waals surface area contributed by atoms with Crippen molar-refractivity contribution in [2.75, 3.05) is 0 Å². The molecular weight excluding hydrogens is 228 g/mol. The molecule has 1 heterocycles. The second-order valence-corrected chi connectivity index (χ2v) is 5.96. The molecule has 1 N–H and O–H groups in total. The van der Waals surface area contributed by atoms with Crippen molar-refractivity contribution < 1.29 is 12.9 Å². The Morgan fingerprint density at radius 2 is 1.81 bits per heavy atom. The Morgan fingerprint density at radius 1 is 1.25 bits per heavy atom. The summed E-state index contributed by atoms with van der Waals surface area (Å²) in [5, 5.41) is 3.64. The molecule has 0 aliphatic heterocycles. The molecule has 1 rings (SSSR count). The maximum absolute atomic E-state index is 12.0. The fourth-order valence-electron chi connectivity index (χ4n) is 1.30. The number of nitrogens with one attached hydrogen (secondary N) is 1. The summed E-state index contributed by atoms with van der Waals surface area (Å²) in [5.41, 5.74) is 0.390. The number of nitrogens with zero attached hydrogens (tertiary/aromatic N) is 1. The average molecular weight is 246 g/mol. The summed E-state index contributed by atoms with van der Waals surface area (Å²) in [6.07, 6.45) is 0. The summed E-state index contributed by atoms with van der Waals surface area (Å²) in [6.45, 7) is 8.96. The van der Waals surface area contributed by atoms with Gasteiger partial charge < -0.3 is 4.52 Å². The lowest BCUT2D eigenvalue weighted by Crippen LogP contribution is -2.36. The van der Waals surface area contributed by atoms with E-state index in [9.17, 15) is 8.42 Å². The molecule has 0 bridgehead atoms. The minimum absolute atomic E-state index is 0.126. The van der Waals surface area contributed by atoms with Crippen LogP contribution >= 0.6 is 0 Å². The highest BCUT2D eigenvalue weighted by Gasteiger charge is 2.26. The van der Waals surface area contributed by atoms with Gasteiger partial charge in [-0.05, 0) is 26.7 Å². The van der Waals surface area contributed by atoms with Crippen molar-refractivity contribution in [3.05, 3.63) is 11.5 Å². The summed E-state index contributed by atoms with van der Waals surface area (Å²) in [4.78, 5) is 0.153. The van der Waals surface area contributed by atoms with E-state index in [2.05, 4.69) is 9.88 Å². The quantitative estimate of drug-likeness (QED) is 0.876. The molecule has 0 amide bonds.